The lowest BCUT2D eigenvalue weighted by molar-refractivity contribution is -0.126. The van der Waals surface area contributed by atoms with Crippen molar-refractivity contribution in [2.24, 2.45) is 5.92 Å². The zero-order valence-corrected chi connectivity index (χ0v) is 15.7. The number of rotatable bonds is 4. The maximum atomic E-state index is 12.6. The van der Waals surface area contributed by atoms with Crippen LogP contribution in [0, 0.1) is 12.8 Å². The van der Waals surface area contributed by atoms with Gasteiger partial charge in [-0.3, -0.25) is 9.59 Å². The van der Waals surface area contributed by atoms with Gasteiger partial charge in [-0.15, -0.1) is 0 Å². The number of nitrogens with one attached hydrogen (secondary N) is 1. The summed E-state index contributed by atoms with van der Waals surface area (Å²) in [5.41, 5.74) is 0.383. The molecule has 9 heteroatoms. The molecule has 1 saturated heterocycles. The van der Waals surface area contributed by atoms with E-state index < -0.39 is 0 Å². The molecule has 1 aromatic heterocycles. The molecule has 2 aromatic rings. The second kappa shape index (κ2) is 8.05. The standard InChI is InChI=1S/C17H18Cl2N4O3/c1-10-21-15(26-22-10)9-20-16(24)11-4-6-23(7-5-11)17(25)13-8-12(18)2-3-14(13)19/h2-3,8,11H,4-7,9H2,1H3,(H,20,24). The number of hydrogen-bond acceptors (Lipinski definition) is 5. The Morgan fingerprint density at radius 3 is 2.69 bits per heavy atom. The third kappa shape index (κ3) is 4.34. The fraction of sp³-hybridized carbons (Fsp3) is 0.412. The van der Waals surface area contributed by atoms with Crippen molar-refractivity contribution in [2.75, 3.05) is 13.1 Å². The lowest BCUT2D eigenvalue weighted by Gasteiger charge is -2.31. The van der Waals surface area contributed by atoms with E-state index >= 15 is 0 Å². The van der Waals surface area contributed by atoms with Crippen LogP contribution in [0.25, 0.3) is 0 Å². The maximum Gasteiger partial charge on any atom is 0.255 e. The van der Waals surface area contributed by atoms with Crippen molar-refractivity contribution in [1.82, 2.24) is 20.4 Å². The van der Waals surface area contributed by atoms with Crippen LogP contribution in [-0.4, -0.2) is 39.9 Å². The molecule has 138 valence electrons. The van der Waals surface area contributed by atoms with Crippen molar-refractivity contribution in [3.63, 3.8) is 0 Å². The molecular formula is C17H18Cl2N4O3. The fourth-order valence-corrected chi connectivity index (χ4v) is 3.27. The Bertz CT molecular complexity index is 816. The molecule has 1 aromatic carbocycles. The number of carbonyl (C=O) groups is 2. The minimum Gasteiger partial charge on any atom is -0.347 e. The van der Waals surface area contributed by atoms with Gasteiger partial charge in [0.2, 0.25) is 11.8 Å². The third-order valence-electron chi connectivity index (χ3n) is 4.30. The summed E-state index contributed by atoms with van der Waals surface area (Å²) >= 11 is 12.1. The van der Waals surface area contributed by atoms with Gasteiger partial charge in [0, 0.05) is 24.0 Å². The van der Waals surface area contributed by atoms with Gasteiger partial charge in [0.15, 0.2) is 5.82 Å². The van der Waals surface area contributed by atoms with Crippen molar-refractivity contribution in [1.29, 1.82) is 0 Å². The van der Waals surface area contributed by atoms with E-state index in [9.17, 15) is 9.59 Å². The van der Waals surface area contributed by atoms with Crippen LogP contribution in [0.4, 0.5) is 0 Å². The monoisotopic (exact) mass is 396 g/mol. The van der Waals surface area contributed by atoms with Gasteiger partial charge in [0.05, 0.1) is 17.1 Å². The van der Waals surface area contributed by atoms with E-state index in [-0.39, 0.29) is 24.3 Å². The van der Waals surface area contributed by atoms with E-state index in [1.165, 1.54) is 0 Å². The molecule has 1 aliphatic heterocycles. The number of hydrogen-bond donors (Lipinski definition) is 1. The molecule has 0 bridgehead atoms. The number of benzene rings is 1. The topological polar surface area (TPSA) is 88.3 Å². The minimum absolute atomic E-state index is 0.0752. The lowest BCUT2D eigenvalue weighted by atomic mass is 9.95. The van der Waals surface area contributed by atoms with Crippen LogP contribution in [0.2, 0.25) is 10.0 Å². The molecule has 1 N–H and O–H groups in total. The predicted molar refractivity (Wildman–Crippen MR) is 96.0 cm³/mol. The predicted octanol–water partition coefficient (Wildman–Crippen LogP) is 2.85. The Morgan fingerprint density at radius 2 is 2.04 bits per heavy atom. The number of carbonyl (C=O) groups excluding carboxylic acids is 2. The van der Waals surface area contributed by atoms with Gasteiger partial charge in [-0.05, 0) is 38.0 Å². The van der Waals surface area contributed by atoms with Gasteiger partial charge in [0.1, 0.15) is 0 Å². The number of halogens is 2. The molecule has 0 radical (unpaired) electrons. The van der Waals surface area contributed by atoms with E-state index in [1.807, 2.05) is 0 Å². The first-order valence-corrected chi connectivity index (χ1v) is 9.01. The molecule has 0 saturated carbocycles. The first-order chi connectivity index (χ1) is 12.4. The first kappa shape index (κ1) is 18.7. The van der Waals surface area contributed by atoms with Gasteiger partial charge in [0.25, 0.3) is 5.91 Å². The van der Waals surface area contributed by atoms with Gasteiger partial charge in [-0.25, -0.2) is 0 Å². The molecule has 1 aliphatic rings. The molecular weight excluding hydrogens is 379 g/mol. The zero-order valence-electron chi connectivity index (χ0n) is 14.2. The second-order valence-corrected chi connectivity index (χ2v) is 6.99. The smallest absolute Gasteiger partial charge is 0.255 e. The normalized spacial score (nSPS) is 15.1. The van der Waals surface area contributed by atoms with Crippen LogP contribution >= 0.6 is 23.2 Å². The van der Waals surface area contributed by atoms with Crippen molar-refractivity contribution < 1.29 is 14.1 Å². The number of amides is 2. The summed E-state index contributed by atoms with van der Waals surface area (Å²) in [6.45, 7) is 2.89. The molecule has 3 rings (SSSR count). The molecule has 0 unspecified atom stereocenters. The van der Waals surface area contributed by atoms with E-state index in [0.29, 0.717) is 53.3 Å². The Kier molecular flexibility index (Phi) is 5.78. The number of piperidine rings is 1. The highest BCUT2D eigenvalue weighted by Crippen LogP contribution is 2.25. The summed E-state index contributed by atoms with van der Waals surface area (Å²) in [6.07, 6.45) is 1.16. The number of aromatic nitrogens is 2. The minimum atomic E-state index is -0.169. The molecule has 26 heavy (non-hydrogen) atoms. The number of nitrogens with zero attached hydrogens (tertiary/aromatic N) is 3. The van der Waals surface area contributed by atoms with Crippen molar-refractivity contribution in [3.05, 3.63) is 45.5 Å². The molecule has 2 amide bonds. The summed E-state index contributed by atoms with van der Waals surface area (Å²) in [6, 6.07) is 4.82. The van der Waals surface area contributed by atoms with E-state index in [2.05, 4.69) is 15.5 Å². The van der Waals surface area contributed by atoms with E-state index in [1.54, 1.807) is 30.0 Å². The molecule has 0 spiro atoms. The molecule has 2 heterocycles. The maximum absolute atomic E-state index is 12.6. The zero-order chi connectivity index (χ0) is 18.7. The SMILES string of the molecule is Cc1noc(CNC(=O)C2CCN(C(=O)c3cc(Cl)ccc3Cl)CC2)n1. The summed E-state index contributed by atoms with van der Waals surface area (Å²) in [5, 5.41) is 7.30. The molecule has 0 atom stereocenters. The van der Waals surface area contributed by atoms with E-state index in [0.717, 1.165) is 0 Å². The Hall–Kier alpha value is -2.12. The van der Waals surface area contributed by atoms with Gasteiger partial charge >= 0.3 is 0 Å². The average molecular weight is 397 g/mol. The third-order valence-corrected chi connectivity index (χ3v) is 4.86. The van der Waals surface area contributed by atoms with Crippen LogP contribution in [0.5, 0.6) is 0 Å². The number of likely N-dealkylation sites (tertiary alicyclic amines) is 1. The van der Waals surface area contributed by atoms with Crippen LogP contribution in [0.1, 0.15) is 34.9 Å². The Morgan fingerprint density at radius 1 is 1.31 bits per heavy atom. The van der Waals surface area contributed by atoms with Crippen molar-refractivity contribution >= 4 is 35.0 Å². The van der Waals surface area contributed by atoms with Crippen molar-refractivity contribution in [3.8, 4) is 0 Å². The fourth-order valence-electron chi connectivity index (χ4n) is 2.90. The second-order valence-electron chi connectivity index (χ2n) is 6.14. The van der Waals surface area contributed by atoms with Crippen LogP contribution < -0.4 is 5.32 Å². The van der Waals surface area contributed by atoms with Gasteiger partial charge < -0.3 is 14.7 Å². The highest BCUT2D eigenvalue weighted by atomic mass is 35.5. The average Bonchev–Trinajstić information content (AvgIpc) is 3.06. The highest BCUT2D eigenvalue weighted by molar-refractivity contribution is 6.35. The molecule has 1 fully saturated rings. The number of aryl methyl sites for hydroxylation is 1. The van der Waals surface area contributed by atoms with Gasteiger partial charge in [-0.1, -0.05) is 28.4 Å². The Balaban J connectivity index is 1.52. The summed E-state index contributed by atoms with van der Waals surface area (Å²) in [5.74, 6) is 0.504. The summed E-state index contributed by atoms with van der Waals surface area (Å²) in [4.78, 5) is 30.6. The Labute approximate surface area is 160 Å². The molecule has 7 nitrogen and oxygen atoms in total. The summed E-state index contributed by atoms with van der Waals surface area (Å²) < 4.78 is 4.97. The van der Waals surface area contributed by atoms with Crippen LogP contribution in [0.15, 0.2) is 22.7 Å². The van der Waals surface area contributed by atoms with Crippen LogP contribution in [0.3, 0.4) is 0 Å². The van der Waals surface area contributed by atoms with Gasteiger partial charge in [-0.2, -0.15) is 4.98 Å². The first-order valence-electron chi connectivity index (χ1n) is 8.25. The molecule has 0 aliphatic carbocycles. The van der Waals surface area contributed by atoms with Crippen LogP contribution in [-0.2, 0) is 11.3 Å². The van der Waals surface area contributed by atoms with Crippen molar-refractivity contribution in [2.45, 2.75) is 26.3 Å². The quantitative estimate of drug-likeness (QED) is 0.857. The summed E-state index contributed by atoms with van der Waals surface area (Å²) in [7, 11) is 0. The highest BCUT2D eigenvalue weighted by Gasteiger charge is 2.28. The van der Waals surface area contributed by atoms with E-state index in [4.69, 9.17) is 27.7 Å². The largest absolute Gasteiger partial charge is 0.347 e. The lowest BCUT2D eigenvalue weighted by Crippen LogP contribution is -2.43.